The molecule has 2 aromatic carbocycles. The first-order chi connectivity index (χ1) is 13.2. The van der Waals surface area contributed by atoms with Gasteiger partial charge in [0.05, 0.1) is 22.1 Å². The zero-order valence-corrected chi connectivity index (χ0v) is 15.0. The normalized spacial score (nSPS) is 11.3. The van der Waals surface area contributed by atoms with Gasteiger partial charge in [-0.1, -0.05) is 36.4 Å². The molecule has 5 rings (SSSR count). The number of nitrogens with zero attached hydrogens (tertiary/aromatic N) is 2. The van der Waals surface area contributed by atoms with Crippen molar-refractivity contribution < 1.29 is 4.79 Å². The van der Waals surface area contributed by atoms with Crippen molar-refractivity contribution >= 4 is 60.6 Å². The summed E-state index contributed by atoms with van der Waals surface area (Å²) in [6, 6.07) is 19.3. The Morgan fingerprint density at radius 2 is 1.78 bits per heavy atom. The van der Waals surface area contributed by atoms with Gasteiger partial charge in [0.25, 0.3) is 5.91 Å². The zero-order valence-electron chi connectivity index (χ0n) is 14.1. The number of para-hydroxylation sites is 2. The standard InChI is InChI=1S/C21H14N4OS/c22-17-16-18-13(10-12-6-4-5-9-15(12)25-18)11-23-21(16)27-19(17)20(26)24-14-7-2-1-3-8-14/h1-11H,22H2,(H,24,26). The van der Waals surface area contributed by atoms with Crippen LogP contribution in [0.5, 0.6) is 0 Å². The molecular weight excluding hydrogens is 356 g/mol. The van der Waals surface area contributed by atoms with Crippen LogP contribution in [-0.2, 0) is 0 Å². The van der Waals surface area contributed by atoms with Crippen LogP contribution in [0.15, 0.2) is 66.9 Å². The smallest absolute Gasteiger partial charge is 0.267 e. The van der Waals surface area contributed by atoms with E-state index >= 15 is 0 Å². The number of carbonyl (C=O) groups excluding carboxylic acids is 1. The van der Waals surface area contributed by atoms with E-state index in [2.05, 4.69) is 10.3 Å². The van der Waals surface area contributed by atoms with E-state index in [0.717, 1.165) is 32.9 Å². The number of aromatic nitrogens is 2. The van der Waals surface area contributed by atoms with E-state index in [0.29, 0.717) is 15.4 Å². The third-order valence-corrected chi connectivity index (χ3v) is 5.59. The molecule has 5 nitrogen and oxygen atoms in total. The Hall–Kier alpha value is -3.51. The molecule has 6 heteroatoms. The molecule has 3 aromatic heterocycles. The Balaban J connectivity index is 1.69. The van der Waals surface area contributed by atoms with Gasteiger partial charge in [-0.25, -0.2) is 9.97 Å². The van der Waals surface area contributed by atoms with Crippen LogP contribution in [0, 0.1) is 0 Å². The molecule has 27 heavy (non-hydrogen) atoms. The van der Waals surface area contributed by atoms with Gasteiger partial charge in [-0.3, -0.25) is 4.79 Å². The molecule has 3 N–H and O–H groups in total. The van der Waals surface area contributed by atoms with Gasteiger partial charge in [0.1, 0.15) is 9.71 Å². The van der Waals surface area contributed by atoms with Crippen molar-refractivity contribution in [3.8, 4) is 0 Å². The summed E-state index contributed by atoms with van der Waals surface area (Å²) in [5.74, 6) is -0.240. The molecule has 130 valence electrons. The number of nitrogens with two attached hydrogens (primary N) is 1. The van der Waals surface area contributed by atoms with E-state index in [-0.39, 0.29) is 5.91 Å². The molecule has 0 atom stereocenters. The maximum absolute atomic E-state index is 12.7. The molecule has 0 aliphatic carbocycles. The number of amides is 1. The molecule has 0 spiro atoms. The predicted octanol–water partition coefficient (Wildman–Crippen LogP) is 4.83. The van der Waals surface area contributed by atoms with Crippen LogP contribution in [0.3, 0.4) is 0 Å². The van der Waals surface area contributed by atoms with Crippen LogP contribution in [-0.4, -0.2) is 15.9 Å². The Labute approximate surface area is 158 Å². The zero-order chi connectivity index (χ0) is 18.4. The minimum atomic E-state index is -0.240. The molecule has 1 amide bonds. The van der Waals surface area contributed by atoms with Gasteiger partial charge in [-0.05, 0) is 24.3 Å². The molecule has 3 heterocycles. The third kappa shape index (κ3) is 2.58. The molecule has 0 unspecified atom stereocenters. The SMILES string of the molecule is Nc1c(C(=O)Nc2ccccc2)sc2ncc3cc4ccccc4nc3c12. The predicted molar refractivity (Wildman–Crippen MR) is 111 cm³/mol. The monoisotopic (exact) mass is 370 g/mol. The number of rotatable bonds is 2. The van der Waals surface area contributed by atoms with Gasteiger partial charge >= 0.3 is 0 Å². The number of hydrogen-bond donors (Lipinski definition) is 2. The molecular formula is C21H14N4OS. The number of carbonyl (C=O) groups is 1. The second kappa shape index (κ2) is 6.03. The lowest BCUT2D eigenvalue weighted by Crippen LogP contribution is -2.11. The maximum atomic E-state index is 12.7. The summed E-state index contributed by atoms with van der Waals surface area (Å²) in [5.41, 5.74) is 9.17. The first kappa shape index (κ1) is 15.7. The lowest BCUT2D eigenvalue weighted by molar-refractivity contribution is 0.103. The number of nitrogen functional groups attached to an aromatic ring is 1. The summed E-state index contributed by atoms with van der Waals surface area (Å²) in [4.78, 5) is 23.2. The van der Waals surface area contributed by atoms with Crippen molar-refractivity contribution in [2.75, 3.05) is 11.1 Å². The number of benzene rings is 2. The van der Waals surface area contributed by atoms with Crippen LogP contribution < -0.4 is 11.1 Å². The summed E-state index contributed by atoms with van der Waals surface area (Å²) in [5, 5.41) is 5.57. The van der Waals surface area contributed by atoms with Crippen molar-refractivity contribution in [1.29, 1.82) is 0 Å². The first-order valence-electron chi connectivity index (χ1n) is 8.43. The van der Waals surface area contributed by atoms with E-state index in [9.17, 15) is 4.79 Å². The fraction of sp³-hybridized carbons (Fsp3) is 0. The largest absolute Gasteiger partial charge is 0.397 e. The molecule has 0 bridgehead atoms. The van der Waals surface area contributed by atoms with Crippen molar-refractivity contribution in [3.63, 3.8) is 0 Å². The van der Waals surface area contributed by atoms with Gasteiger partial charge in [0.2, 0.25) is 0 Å². The topological polar surface area (TPSA) is 80.9 Å². The highest BCUT2D eigenvalue weighted by molar-refractivity contribution is 7.21. The highest BCUT2D eigenvalue weighted by Crippen LogP contribution is 2.37. The number of nitrogens with one attached hydrogen (secondary N) is 1. The fourth-order valence-electron chi connectivity index (χ4n) is 3.19. The molecule has 0 radical (unpaired) electrons. The van der Waals surface area contributed by atoms with Gasteiger partial charge in [-0.2, -0.15) is 0 Å². The van der Waals surface area contributed by atoms with Crippen molar-refractivity contribution in [2.24, 2.45) is 0 Å². The highest BCUT2D eigenvalue weighted by atomic mass is 32.1. The summed E-state index contributed by atoms with van der Waals surface area (Å²) in [7, 11) is 0. The Bertz CT molecular complexity index is 1330. The molecule has 0 aliphatic heterocycles. The van der Waals surface area contributed by atoms with Crippen LogP contribution in [0.25, 0.3) is 32.0 Å². The van der Waals surface area contributed by atoms with E-state index in [1.807, 2.05) is 60.7 Å². The number of pyridine rings is 2. The average molecular weight is 370 g/mol. The molecule has 0 fully saturated rings. The van der Waals surface area contributed by atoms with E-state index in [1.54, 1.807) is 6.20 Å². The number of anilines is 2. The molecule has 0 saturated carbocycles. The van der Waals surface area contributed by atoms with Gasteiger partial charge in [0.15, 0.2) is 0 Å². The maximum Gasteiger partial charge on any atom is 0.267 e. The van der Waals surface area contributed by atoms with Crippen LogP contribution >= 0.6 is 11.3 Å². The Morgan fingerprint density at radius 1 is 1.00 bits per heavy atom. The minimum Gasteiger partial charge on any atom is -0.397 e. The van der Waals surface area contributed by atoms with Gasteiger partial charge < -0.3 is 11.1 Å². The Kier molecular flexibility index (Phi) is 3.51. The van der Waals surface area contributed by atoms with Crippen LogP contribution in [0.4, 0.5) is 11.4 Å². The number of thiophene rings is 1. The summed E-state index contributed by atoms with van der Waals surface area (Å²) < 4.78 is 0. The second-order valence-electron chi connectivity index (χ2n) is 6.22. The molecule has 5 aromatic rings. The van der Waals surface area contributed by atoms with E-state index in [1.165, 1.54) is 11.3 Å². The van der Waals surface area contributed by atoms with Crippen molar-refractivity contribution in [3.05, 3.63) is 71.7 Å². The molecule has 0 saturated heterocycles. The lowest BCUT2D eigenvalue weighted by Gasteiger charge is -2.04. The van der Waals surface area contributed by atoms with Crippen LogP contribution in [0.1, 0.15) is 9.67 Å². The van der Waals surface area contributed by atoms with Crippen molar-refractivity contribution in [1.82, 2.24) is 9.97 Å². The quantitative estimate of drug-likeness (QED) is 0.436. The highest BCUT2D eigenvalue weighted by Gasteiger charge is 2.20. The summed E-state index contributed by atoms with van der Waals surface area (Å²) in [6.07, 6.45) is 1.78. The average Bonchev–Trinajstić information content (AvgIpc) is 3.04. The second-order valence-corrected chi connectivity index (χ2v) is 7.22. The fourth-order valence-corrected chi connectivity index (χ4v) is 4.15. The van der Waals surface area contributed by atoms with Gasteiger partial charge in [0, 0.05) is 22.7 Å². The summed E-state index contributed by atoms with van der Waals surface area (Å²) >= 11 is 1.28. The van der Waals surface area contributed by atoms with E-state index < -0.39 is 0 Å². The number of hydrogen-bond acceptors (Lipinski definition) is 5. The van der Waals surface area contributed by atoms with E-state index in [4.69, 9.17) is 10.7 Å². The van der Waals surface area contributed by atoms with Crippen molar-refractivity contribution in [2.45, 2.75) is 0 Å². The third-order valence-electron chi connectivity index (χ3n) is 4.48. The Morgan fingerprint density at radius 3 is 2.63 bits per heavy atom. The first-order valence-corrected chi connectivity index (χ1v) is 9.25. The number of fused-ring (bicyclic) bond motifs is 4. The van der Waals surface area contributed by atoms with Crippen LogP contribution in [0.2, 0.25) is 0 Å². The minimum absolute atomic E-state index is 0.240. The summed E-state index contributed by atoms with van der Waals surface area (Å²) in [6.45, 7) is 0. The molecule has 0 aliphatic rings. The van der Waals surface area contributed by atoms with Gasteiger partial charge in [-0.15, -0.1) is 11.3 Å². The lowest BCUT2D eigenvalue weighted by atomic mass is 10.1.